The molecule has 3 N–H and O–H groups in total. The van der Waals surface area contributed by atoms with Gasteiger partial charge in [-0.2, -0.15) is 5.26 Å². The first-order valence-electron chi connectivity index (χ1n) is 6.54. The van der Waals surface area contributed by atoms with Crippen LogP contribution in [-0.2, 0) is 0 Å². The lowest BCUT2D eigenvalue weighted by Gasteiger charge is -2.07. The van der Waals surface area contributed by atoms with E-state index in [0.29, 0.717) is 26.0 Å². The lowest BCUT2D eigenvalue weighted by molar-refractivity contribution is 0.104. The maximum Gasteiger partial charge on any atom is 0.215 e. The zero-order valence-corrected chi connectivity index (χ0v) is 14.9. The zero-order chi connectivity index (χ0) is 16.4. The van der Waals surface area contributed by atoms with Crippen LogP contribution in [0.25, 0.3) is 0 Å². The molecule has 3 aromatic rings. The van der Waals surface area contributed by atoms with Crippen LogP contribution < -0.4 is 11.1 Å². The molecule has 0 atom stereocenters. The van der Waals surface area contributed by atoms with E-state index in [9.17, 15) is 10.1 Å². The SMILES string of the molecule is N#Cc1c(N)sc(C(=O)c2ccc(Br)s2)c1Nc1ccccc1. The molecule has 3 rings (SSSR count). The van der Waals surface area contributed by atoms with E-state index < -0.39 is 0 Å². The highest BCUT2D eigenvalue weighted by Gasteiger charge is 2.24. The van der Waals surface area contributed by atoms with E-state index >= 15 is 0 Å². The first-order valence-corrected chi connectivity index (χ1v) is 8.97. The van der Waals surface area contributed by atoms with Gasteiger partial charge in [-0.3, -0.25) is 4.79 Å². The number of hydrogen-bond donors (Lipinski definition) is 2. The number of nitriles is 1. The molecular weight excluding hydrogens is 394 g/mol. The molecule has 1 aromatic carbocycles. The molecule has 0 aliphatic rings. The average Bonchev–Trinajstić information content (AvgIpc) is 3.11. The van der Waals surface area contributed by atoms with Crippen LogP contribution >= 0.6 is 38.6 Å². The van der Waals surface area contributed by atoms with Gasteiger partial charge in [0, 0.05) is 5.69 Å². The van der Waals surface area contributed by atoms with E-state index in [1.165, 1.54) is 11.3 Å². The van der Waals surface area contributed by atoms with Gasteiger partial charge in [0.25, 0.3) is 0 Å². The predicted molar refractivity (Wildman–Crippen MR) is 98.6 cm³/mol. The Kier molecular flexibility index (Phi) is 4.48. The van der Waals surface area contributed by atoms with E-state index in [0.717, 1.165) is 20.8 Å². The molecule has 2 aromatic heterocycles. The molecule has 0 unspecified atom stereocenters. The monoisotopic (exact) mass is 403 g/mol. The van der Waals surface area contributed by atoms with Gasteiger partial charge >= 0.3 is 0 Å². The van der Waals surface area contributed by atoms with Crippen molar-refractivity contribution >= 4 is 60.8 Å². The summed E-state index contributed by atoms with van der Waals surface area (Å²) in [5, 5.41) is 12.9. The Bertz CT molecular complexity index is 909. The molecule has 0 saturated carbocycles. The number of hydrogen-bond acceptors (Lipinski definition) is 6. The summed E-state index contributed by atoms with van der Waals surface area (Å²) < 4.78 is 0.878. The summed E-state index contributed by atoms with van der Waals surface area (Å²) in [5.41, 5.74) is 7.49. The fraction of sp³-hybridized carbons (Fsp3) is 0. The highest BCUT2D eigenvalue weighted by molar-refractivity contribution is 9.11. The molecule has 0 aliphatic carbocycles. The van der Waals surface area contributed by atoms with Crippen molar-refractivity contribution in [2.24, 2.45) is 0 Å². The smallest absolute Gasteiger partial charge is 0.215 e. The van der Waals surface area contributed by atoms with Gasteiger partial charge in [-0.25, -0.2) is 0 Å². The van der Waals surface area contributed by atoms with Crippen LogP contribution in [0.2, 0.25) is 0 Å². The maximum atomic E-state index is 12.7. The van der Waals surface area contributed by atoms with Gasteiger partial charge in [0.15, 0.2) is 0 Å². The number of nitrogens with one attached hydrogen (secondary N) is 1. The van der Waals surface area contributed by atoms with Gasteiger partial charge in [-0.05, 0) is 40.2 Å². The summed E-state index contributed by atoms with van der Waals surface area (Å²) in [4.78, 5) is 13.8. The highest BCUT2D eigenvalue weighted by atomic mass is 79.9. The van der Waals surface area contributed by atoms with Crippen LogP contribution in [0.3, 0.4) is 0 Å². The minimum absolute atomic E-state index is 0.141. The number of nitrogens with two attached hydrogens (primary N) is 1. The lowest BCUT2D eigenvalue weighted by atomic mass is 10.1. The third-order valence-electron chi connectivity index (χ3n) is 3.09. The largest absolute Gasteiger partial charge is 0.389 e. The summed E-state index contributed by atoms with van der Waals surface area (Å²) >= 11 is 5.84. The van der Waals surface area contributed by atoms with Crippen molar-refractivity contribution in [3.63, 3.8) is 0 Å². The van der Waals surface area contributed by atoms with E-state index in [1.807, 2.05) is 36.4 Å². The molecule has 0 saturated heterocycles. The number of halogens is 1. The van der Waals surface area contributed by atoms with Crippen molar-refractivity contribution in [1.82, 2.24) is 0 Å². The molecule has 0 aliphatic heterocycles. The van der Waals surface area contributed by atoms with Crippen molar-refractivity contribution in [2.75, 3.05) is 11.1 Å². The molecule has 0 radical (unpaired) electrons. The minimum atomic E-state index is -0.141. The van der Waals surface area contributed by atoms with Crippen molar-refractivity contribution in [2.45, 2.75) is 0 Å². The number of nitrogen functional groups attached to an aromatic ring is 1. The Balaban J connectivity index is 2.07. The van der Waals surface area contributed by atoms with Gasteiger partial charge in [-0.15, -0.1) is 22.7 Å². The molecule has 0 bridgehead atoms. The Morgan fingerprint density at radius 1 is 1.17 bits per heavy atom. The second kappa shape index (κ2) is 6.54. The molecule has 0 fully saturated rings. The maximum absolute atomic E-state index is 12.7. The number of benzene rings is 1. The molecule has 4 nitrogen and oxygen atoms in total. The first kappa shape index (κ1) is 15.7. The van der Waals surface area contributed by atoms with Gasteiger partial charge in [0.2, 0.25) is 5.78 Å². The first-order chi connectivity index (χ1) is 11.1. The fourth-order valence-electron chi connectivity index (χ4n) is 2.05. The summed E-state index contributed by atoms with van der Waals surface area (Å²) in [6.07, 6.45) is 0. The summed E-state index contributed by atoms with van der Waals surface area (Å²) in [5.74, 6) is -0.141. The quantitative estimate of drug-likeness (QED) is 0.600. The lowest BCUT2D eigenvalue weighted by Crippen LogP contribution is -2.01. The normalized spacial score (nSPS) is 10.3. The van der Waals surface area contributed by atoms with Gasteiger partial charge in [0.1, 0.15) is 21.5 Å². The minimum Gasteiger partial charge on any atom is -0.389 e. The number of carbonyl (C=O) groups is 1. The van der Waals surface area contributed by atoms with E-state index in [-0.39, 0.29) is 5.78 Å². The van der Waals surface area contributed by atoms with Crippen LogP contribution in [0.1, 0.15) is 20.1 Å². The number of nitrogens with zero attached hydrogens (tertiary/aromatic N) is 1. The third-order valence-corrected chi connectivity index (χ3v) is 5.73. The second-order valence-corrected chi connectivity index (χ2v) is 8.10. The van der Waals surface area contributed by atoms with Crippen molar-refractivity contribution in [3.05, 3.63) is 61.6 Å². The number of carbonyl (C=O) groups excluding carboxylic acids is 1. The van der Waals surface area contributed by atoms with Gasteiger partial charge in [0.05, 0.1) is 14.4 Å². The molecule has 2 heterocycles. The Hall–Kier alpha value is -2.14. The predicted octanol–water partition coefficient (Wildman–Crippen LogP) is 5.00. The third kappa shape index (κ3) is 3.15. The van der Waals surface area contributed by atoms with Crippen LogP contribution in [-0.4, -0.2) is 5.78 Å². The van der Waals surface area contributed by atoms with Crippen molar-refractivity contribution in [3.8, 4) is 6.07 Å². The zero-order valence-electron chi connectivity index (χ0n) is 11.7. The number of rotatable bonds is 4. The van der Waals surface area contributed by atoms with Gasteiger partial charge < -0.3 is 11.1 Å². The van der Waals surface area contributed by atoms with Crippen LogP contribution in [0.15, 0.2) is 46.3 Å². The van der Waals surface area contributed by atoms with Crippen LogP contribution in [0.5, 0.6) is 0 Å². The Morgan fingerprint density at radius 2 is 1.91 bits per heavy atom. The van der Waals surface area contributed by atoms with Crippen molar-refractivity contribution in [1.29, 1.82) is 5.26 Å². The topological polar surface area (TPSA) is 78.9 Å². The molecule has 7 heteroatoms. The number of anilines is 3. The van der Waals surface area contributed by atoms with E-state index in [4.69, 9.17) is 5.73 Å². The summed E-state index contributed by atoms with van der Waals surface area (Å²) in [6, 6.07) is 15.0. The Labute approximate surface area is 149 Å². The van der Waals surface area contributed by atoms with E-state index in [2.05, 4.69) is 27.3 Å². The summed E-state index contributed by atoms with van der Waals surface area (Å²) in [6.45, 7) is 0. The summed E-state index contributed by atoms with van der Waals surface area (Å²) in [7, 11) is 0. The molecule has 23 heavy (non-hydrogen) atoms. The molecule has 0 spiro atoms. The fourth-order valence-corrected chi connectivity index (χ4v) is 4.38. The number of para-hydroxylation sites is 1. The molecule has 0 amide bonds. The molecular formula is C16H10BrN3OS2. The van der Waals surface area contributed by atoms with Gasteiger partial charge in [-0.1, -0.05) is 18.2 Å². The van der Waals surface area contributed by atoms with E-state index in [1.54, 1.807) is 6.07 Å². The molecule has 114 valence electrons. The average molecular weight is 404 g/mol. The number of ketones is 1. The standard InChI is InChI=1S/C16H10BrN3OS2/c17-12-7-6-11(22-12)14(21)15-13(10(8-18)16(19)23-15)20-9-4-2-1-3-5-9/h1-7,20H,19H2. The Morgan fingerprint density at radius 3 is 2.52 bits per heavy atom. The second-order valence-electron chi connectivity index (χ2n) is 4.58. The number of thiophene rings is 2. The van der Waals surface area contributed by atoms with Crippen LogP contribution in [0.4, 0.5) is 16.4 Å². The van der Waals surface area contributed by atoms with Crippen molar-refractivity contribution < 1.29 is 4.79 Å². The van der Waals surface area contributed by atoms with Crippen LogP contribution in [0, 0.1) is 11.3 Å². The highest BCUT2D eigenvalue weighted by Crippen LogP contribution is 2.39.